The summed E-state index contributed by atoms with van der Waals surface area (Å²) in [6.45, 7) is 5.92. The van der Waals surface area contributed by atoms with Crippen LogP contribution in [0.1, 0.15) is 55.9 Å². The summed E-state index contributed by atoms with van der Waals surface area (Å²) in [5, 5.41) is 12.6. The van der Waals surface area contributed by atoms with Crippen molar-refractivity contribution in [2.45, 2.75) is 70.9 Å². The molecule has 3 aromatic rings. The molecule has 8 heteroatoms. The summed E-state index contributed by atoms with van der Waals surface area (Å²) in [6, 6.07) is 23.1. The van der Waals surface area contributed by atoms with Gasteiger partial charge in [0.2, 0.25) is 0 Å². The van der Waals surface area contributed by atoms with Crippen LogP contribution in [0.15, 0.2) is 72.8 Å². The Kier molecular flexibility index (Phi) is 10.4. The highest BCUT2D eigenvalue weighted by atomic mass is 35.5. The lowest BCUT2D eigenvalue weighted by molar-refractivity contribution is -0.166. The molecule has 0 saturated heterocycles. The maximum Gasteiger partial charge on any atom is 0.359 e. The van der Waals surface area contributed by atoms with Gasteiger partial charge in [-0.1, -0.05) is 60.1 Å². The number of carbonyl (C=O) groups is 2. The van der Waals surface area contributed by atoms with Gasteiger partial charge in [0.1, 0.15) is 11.5 Å². The molecule has 4 rings (SSSR count). The zero-order valence-electron chi connectivity index (χ0n) is 23.8. The largest absolute Gasteiger partial charge is 0.467 e. The lowest BCUT2D eigenvalue weighted by Crippen LogP contribution is -2.50. The lowest BCUT2D eigenvalue weighted by atomic mass is 9.95. The minimum Gasteiger partial charge on any atom is -0.467 e. The molecular formula is C33H38ClNO6. The van der Waals surface area contributed by atoms with Crippen LogP contribution in [0.3, 0.4) is 0 Å². The average Bonchev–Trinajstić information content (AvgIpc) is 3.17. The summed E-state index contributed by atoms with van der Waals surface area (Å²) in [5.41, 5.74) is 2.71. The molecule has 3 aromatic carbocycles. The smallest absolute Gasteiger partial charge is 0.359 e. The number of carbonyl (C=O) groups excluding carboxylic acids is 2. The first-order valence-electron chi connectivity index (χ1n) is 14.1. The minimum absolute atomic E-state index is 0.0217. The molecule has 0 saturated carbocycles. The molecule has 0 heterocycles. The van der Waals surface area contributed by atoms with E-state index >= 15 is 0 Å². The van der Waals surface area contributed by atoms with Gasteiger partial charge in [0.15, 0.2) is 0 Å². The zero-order valence-corrected chi connectivity index (χ0v) is 24.6. The molecule has 0 spiro atoms. The van der Waals surface area contributed by atoms with E-state index in [4.69, 9.17) is 25.8 Å². The van der Waals surface area contributed by atoms with Gasteiger partial charge in [0, 0.05) is 17.6 Å². The summed E-state index contributed by atoms with van der Waals surface area (Å²) in [6.07, 6.45) is 1.79. The van der Waals surface area contributed by atoms with Crippen molar-refractivity contribution >= 4 is 23.5 Å². The topological polar surface area (TPSA) is 85.3 Å². The Morgan fingerprint density at radius 3 is 2.34 bits per heavy atom. The first kappa shape index (κ1) is 30.6. The molecule has 2 atom stereocenters. The fraction of sp³-hybridized carbons (Fsp3) is 0.394. The van der Waals surface area contributed by atoms with Crippen LogP contribution in [-0.4, -0.2) is 47.3 Å². The molecule has 1 aliphatic rings. The Morgan fingerprint density at radius 1 is 0.976 bits per heavy atom. The molecule has 7 nitrogen and oxygen atoms in total. The van der Waals surface area contributed by atoms with Crippen molar-refractivity contribution in [1.29, 1.82) is 0 Å². The van der Waals surface area contributed by atoms with Gasteiger partial charge in [-0.05, 0) is 93.0 Å². The normalized spacial score (nSPS) is 16.4. The lowest BCUT2D eigenvalue weighted by Gasteiger charge is -2.43. The second-order valence-corrected chi connectivity index (χ2v) is 10.8. The second kappa shape index (κ2) is 14.0. The van der Waals surface area contributed by atoms with Gasteiger partial charge >= 0.3 is 11.9 Å². The molecule has 41 heavy (non-hydrogen) atoms. The van der Waals surface area contributed by atoms with Crippen molar-refractivity contribution in [2.75, 3.05) is 13.2 Å². The number of esters is 2. The highest BCUT2D eigenvalue weighted by Crippen LogP contribution is 2.36. The summed E-state index contributed by atoms with van der Waals surface area (Å²) < 4.78 is 16.0. The number of halogens is 1. The Bertz CT molecular complexity index is 1310. The Morgan fingerprint density at radius 2 is 1.68 bits per heavy atom. The molecule has 1 aliphatic carbocycles. The molecule has 0 bridgehead atoms. The van der Waals surface area contributed by atoms with Gasteiger partial charge in [-0.15, -0.1) is 0 Å². The van der Waals surface area contributed by atoms with Crippen LogP contribution < -0.4 is 4.74 Å². The standard InChI is InChI=1S/C33H38ClNO6/c1-4-39-31(36)30(32(37)40-5-2)41-29-18-17-24-13-9-16-28(19-25(24)20-29)35(22-23-11-7-6-8-12-23)33(3,38)26-14-10-15-27(34)21-26/h6-8,10-12,14-15,17-18,20-21,28,30,38H,4-5,9,13,16,19,22H2,1-3H3. The fourth-order valence-corrected chi connectivity index (χ4v) is 5.58. The van der Waals surface area contributed by atoms with Gasteiger partial charge in [0.25, 0.3) is 6.10 Å². The van der Waals surface area contributed by atoms with Crippen LogP contribution >= 0.6 is 11.6 Å². The second-order valence-electron chi connectivity index (χ2n) is 10.3. The molecule has 0 fully saturated rings. The predicted octanol–water partition coefficient (Wildman–Crippen LogP) is 5.83. The van der Waals surface area contributed by atoms with Crippen molar-refractivity contribution in [3.8, 4) is 5.75 Å². The van der Waals surface area contributed by atoms with Crippen LogP contribution in [0.25, 0.3) is 0 Å². The molecule has 0 amide bonds. The van der Waals surface area contributed by atoms with E-state index in [1.54, 1.807) is 32.0 Å². The fourth-order valence-electron chi connectivity index (χ4n) is 5.39. The van der Waals surface area contributed by atoms with Crippen molar-refractivity contribution in [2.24, 2.45) is 0 Å². The van der Waals surface area contributed by atoms with Gasteiger partial charge in [-0.25, -0.2) is 9.59 Å². The maximum absolute atomic E-state index is 12.5. The van der Waals surface area contributed by atoms with Crippen LogP contribution in [-0.2, 0) is 44.2 Å². The van der Waals surface area contributed by atoms with Crippen LogP contribution in [0.4, 0.5) is 0 Å². The van der Waals surface area contributed by atoms with Crippen LogP contribution in [0.5, 0.6) is 5.75 Å². The first-order chi connectivity index (χ1) is 19.7. The summed E-state index contributed by atoms with van der Waals surface area (Å²) in [4.78, 5) is 27.1. The van der Waals surface area contributed by atoms with Gasteiger partial charge in [-0.2, -0.15) is 0 Å². The number of aliphatic hydroxyl groups is 1. The Labute approximate surface area is 247 Å². The maximum atomic E-state index is 12.5. The first-order valence-corrected chi connectivity index (χ1v) is 14.5. The number of nitrogens with zero attached hydrogens (tertiary/aromatic N) is 1. The molecule has 2 unspecified atom stereocenters. The van der Waals surface area contributed by atoms with E-state index in [9.17, 15) is 14.7 Å². The molecule has 218 valence electrons. The van der Waals surface area contributed by atoms with Crippen molar-refractivity contribution in [1.82, 2.24) is 4.90 Å². The minimum atomic E-state index is -1.51. The molecule has 0 aromatic heterocycles. The van der Waals surface area contributed by atoms with Gasteiger partial charge in [-0.3, -0.25) is 4.90 Å². The predicted molar refractivity (Wildman–Crippen MR) is 158 cm³/mol. The van der Waals surface area contributed by atoms with E-state index in [0.717, 1.165) is 30.4 Å². The Hall–Kier alpha value is -3.39. The van der Waals surface area contributed by atoms with E-state index in [0.29, 0.717) is 29.3 Å². The third kappa shape index (κ3) is 7.67. The zero-order chi connectivity index (χ0) is 29.4. The van der Waals surface area contributed by atoms with Crippen molar-refractivity contribution < 1.29 is 28.9 Å². The van der Waals surface area contributed by atoms with Crippen LogP contribution in [0, 0.1) is 0 Å². The highest BCUT2D eigenvalue weighted by Gasteiger charge is 2.38. The highest BCUT2D eigenvalue weighted by molar-refractivity contribution is 6.30. The monoisotopic (exact) mass is 579 g/mol. The van der Waals surface area contributed by atoms with E-state index in [1.165, 1.54) is 5.56 Å². The van der Waals surface area contributed by atoms with E-state index < -0.39 is 23.8 Å². The number of rotatable bonds is 11. The average molecular weight is 580 g/mol. The number of hydrogen-bond acceptors (Lipinski definition) is 7. The number of ether oxygens (including phenoxy) is 3. The SMILES string of the molecule is CCOC(=O)C(Oc1ccc2c(c1)CC(N(Cc1ccccc1)C(C)(O)c1cccc(Cl)c1)CCC2)C(=O)OCC. The van der Waals surface area contributed by atoms with E-state index in [-0.39, 0.29) is 19.3 Å². The van der Waals surface area contributed by atoms with E-state index in [1.807, 2.05) is 49.4 Å². The van der Waals surface area contributed by atoms with E-state index in [2.05, 4.69) is 17.0 Å². The number of benzene rings is 3. The molecular weight excluding hydrogens is 542 g/mol. The summed E-state index contributed by atoms with van der Waals surface area (Å²) >= 11 is 6.33. The Balaban J connectivity index is 1.66. The molecule has 0 aliphatic heterocycles. The quantitative estimate of drug-likeness (QED) is 0.132. The van der Waals surface area contributed by atoms with Crippen molar-refractivity contribution in [3.63, 3.8) is 0 Å². The number of fused-ring (bicyclic) bond motifs is 1. The third-order valence-corrected chi connectivity index (χ3v) is 7.67. The summed E-state index contributed by atoms with van der Waals surface area (Å²) in [7, 11) is 0. The van der Waals surface area contributed by atoms with Crippen LogP contribution in [0.2, 0.25) is 5.02 Å². The van der Waals surface area contributed by atoms with Gasteiger partial charge < -0.3 is 19.3 Å². The summed E-state index contributed by atoms with van der Waals surface area (Å²) in [5.74, 6) is -1.19. The molecule has 1 N–H and O–H groups in total. The number of aryl methyl sites for hydroxylation is 1. The number of hydrogen-bond donors (Lipinski definition) is 1. The third-order valence-electron chi connectivity index (χ3n) is 7.44. The molecule has 0 radical (unpaired) electrons. The van der Waals surface area contributed by atoms with Gasteiger partial charge in [0.05, 0.1) is 13.2 Å². The van der Waals surface area contributed by atoms with Crippen molar-refractivity contribution in [3.05, 3.63) is 100 Å².